The van der Waals surface area contributed by atoms with Crippen molar-refractivity contribution in [1.29, 1.82) is 0 Å². The molecule has 5 aromatic rings. The first-order valence-electron chi connectivity index (χ1n) is 13.4. The van der Waals surface area contributed by atoms with Crippen LogP contribution in [0.4, 0.5) is 14.5 Å². The van der Waals surface area contributed by atoms with Crippen molar-refractivity contribution in [2.75, 3.05) is 13.7 Å². The lowest BCUT2D eigenvalue weighted by molar-refractivity contribution is -0.0593. The van der Waals surface area contributed by atoms with Gasteiger partial charge < -0.3 is 18.9 Å². The van der Waals surface area contributed by atoms with E-state index < -0.39 is 17.6 Å². The normalized spacial score (nSPS) is 14.1. The topological polar surface area (TPSA) is 89.1 Å². The number of hydrogen-bond donors (Lipinski definition) is 0. The molecule has 216 valence electrons. The van der Waals surface area contributed by atoms with Gasteiger partial charge in [-0.05, 0) is 55.0 Å². The predicted molar refractivity (Wildman–Crippen MR) is 152 cm³/mol. The van der Waals surface area contributed by atoms with E-state index in [9.17, 15) is 9.18 Å². The zero-order valence-corrected chi connectivity index (χ0v) is 22.9. The van der Waals surface area contributed by atoms with Crippen LogP contribution in [0.5, 0.6) is 17.6 Å². The van der Waals surface area contributed by atoms with Gasteiger partial charge in [-0.2, -0.15) is 4.98 Å². The minimum absolute atomic E-state index is 0.0474. The van der Waals surface area contributed by atoms with E-state index in [0.717, 1.165) is 12.5 Å². The third-order valence-electron chi connectivity index (χ3n) is 7.01. The third-order valence-corrected chi connectivity index (χ3v) is 7.01. The van der Waals surface area contributed by atoms with Gasteiger partial charge in [-0.1, -0.05) is 18.2 Å². The molecule has 3 heterocycles. The Morgan fingerprint density at radius 2 is 1.93 bits per heavy atom. The summed E-state index contributed by atoms with van der Waals surface area (Å²) in [5.74, 6) is -1.48. The summed E-state index contributed by atoms with van der Waals surface area (Å²) < 4.78 is 53.4. The van der Waals surface area contributed by atoms with Crippen molar-refractivity contribution in [3.05, 3.63) is 107 Å². The standard InChI is InChI=1S/C32H24F2N4O5/c1-35-22-9-6-21(24(33)16-22)18-42-30-5-3-4-26(36-30)19-8-11-29(25(34)14-19)43-32-37-27-10-7-20(31(39)40-2)15-28(27)38(32)17-23-12-13-41-23/h3-11,14-16,23H,12-13,17-18H2,2H3/t23-/m0/s1. The summed E-state index contributed by atoms with van der Waals surface area (Å²) in [4.78, 5) is 24.3. The molecule has 9 nitrogen and oxygen atoms in total. The van der Waals surface area contributed by atoms with E-state index in [1.165, 1.54) is 31.4 Å². The first-order chi connectivity index (χ1) is 20.9. The van der Waals surface area contributed by atoms with Crippen molar-refractivity contribution >= 4 is 22.7 Å². The fourth-order valence-corrected chi connectivity index (χ4v) is 4.60. The van der Waals surface area contributed by atoms with Crippen molar-refractivity contribution in [2.45, 2.75) is 25.7 Å². The Balaban J connectivity index is 1.23. The lowest BCUT2D eigenvalue weighted by Crippen LogP contribution is -2.31. The summed E-state index contributed by atoms with van der Waals surface area (Å²) in [6, 6.07) is 18.7. The second-order valence-electron chi connectivity index (χ2n) is 9.77. The molecule has 2 aromatic heterocycles. The molecule has 11 heteroatoms. The highest BCUT2D eigenvalue weighted by Gasteiger charge is 2.24. The Hall–Kier alpha value is -5.34. The summed E-state index contributed by atoms with van der Waals surface area (Å²) in [6.45, 7) is 7.98. The highest BCUT2D eigenvalue weighted by Crippen LogP contribution is 2.32. The molecule has 6 rings (SSSR count). The third kappa shape index (κ3) is 5.86. The molecule has 0 unspecified atom stereocenters. The monoisotopic (exact) mass is 582 g/mol. The van der Waals surface area contributed by atoms with Gasteiger partial charge in [0, 0.05) is 23.8 Å². The summed E-state index contributed by atoms with van der Waals surface area (Å²) >= 11 is 0. The quantitative estimate of drug-likeness (QED) is 0.138. The SMILES string of the molecule is [C-]#[N+]c1ccc(COc2cccc(-c3ccc(Oc4nc5ccc(C(=O)OC)cc5n4C[C@@H]4CCO4)c(F)c3)n2)c(F)c1. The van der Waals surface area contributed by atoms with Crippen LogP contribution in [0.1, 0.15) is 22.3 Å². The minimum Gasteiger partial charge on any atom is -0.473 e. The first-order valence-corrected chi connectivity index (χ1v) is 13.4. The molecule has 1 fully saturated rings. The van der Waals surface area contributed by atoms with Crippen molar-refractivity contribution < 1.29 is 32.5 Å². The van der Waals surface area contributed by atoms with Gasteiger partial charge in [0.25, 0.3) is 0 Å². The number of aromatic nitrogens is 3. The van der Waals surface area contributed by atoms with Gasteiger partial charge in [0.15, 0.2) is 17.3 Å². The van der Waals surface area contributed by atoms with Gasteiger partial charge in [0.1, 0.15) is 12.4 Å². The van der Waals surface area contributed by atoms with E-state index in [0.29, 0.717) is 41.0 Å². The Kier molecular flexibility index (Phi) is 7.68. The molecule has 0 radical (unpaired) electrons. The van der Waals surface area contributed by atoms with Gasteiger partial charge in [0.05, 0.1) is 48.6 Å². The minimum atomic E-state index is -0.638. The van der Waals surface area contributed by atoms with Gasteiger partial charge in [-0.15, -0.1) is 0 Å². The number of carbonyl (C=O) groups is 1. The molecule has 0 spiro atoms. The smallest absolute Gasteiger partial charge is 0.337 e. The Morgan fingerprint density at radius 3 is 2.65 bits per heavy atom. The molecule has 3 aromatic carbocycles. The molecule has 0 amide bonds. The van der Waals surface area contributed by atoms with E-state index in [1.54, 1.807) is 47.0 Å². The lowest BCUT2D eigenvalue weighted by Gasteiger charge is -2.27. The maximum absolute atomic E-state index is 15.4. The number of carbonyl (C=O) groups excluding carboxylic acids is 1. The molecule has 0 saturated carbocycles. The largest absolute Gasteiger partial charge is 0.473 e. The Bertz CT molecular complexity index is 1880. The van der Waals surface area contributed by atoms with Crippen LogP contribution in [0.3, 0.4) is 0 Å². The van der Waals surface area contributed by atoms with Crippen molar-refractivity contribution in [3.8, 4) is 28.9 Å². The first kappa shape index (κ1) is 27.8. The van der Waals surface area contributed by atoms with Gasteiger partial charge >= 0.3 is 12.0 Å². The molecular formula is C32H24F2N4O5. The van der Waals surface area contributed by atoms with Gasteiger partial charge in [0.2, 0.25) is 5.88 Å². The number of pyridine rings is 1. The van der Waals surface area contributed by atoms with Crippen molar-refractivity contribution in [2.24, 2.45) is 0 Å². The summed E-state index contributed by atoms with van der Waals surface area (Å²) in [5.41, 5.74) is 2.96. The summed E-state index contributed by atoms with van der Waals surface area (Å²) in [6.07, 6.45) is 0.807. The fraction of sp³-hybridized carbons (Fsp3) is 0.188. The number of imidazole rings is 1. The van der Waals surface area contributed by atoms with Crippen LogP contribution in [0.25, 0.3) is 27.1 Å². The van der Waals surface area contributed by atoms with Crippen molar-refractivity contribution in [1.82, 2.24) is 14.5 Å². The summed E-state index contributed by atoms with van der Waals surface area (Å²) in [5, 5.41) is 0. The van der Waals surface area contributed by atoms with E-state index in [-0.39, 0.29) is 41.6 Å². The van der Waals surface area contributed by atoms with Crippen LogP contribution in [0, 0.1) is 18.2 Å². The zero-order valence-electron chi connectivity index (χ0n) is 22.9. The number of nitrogens with zero attached hydrogens (tertiary/aromatic N) is 4. The molecule has 1 aliphatic rings. The van der Waals surface area contributed by atoms with Crippen LogP contribution in [0.2, 0.25) is 0 Å². The molecule has 1 saturated heterocycles. The number of benzene rings is 3. The zero-order chi connectivity index (χ0) is 29.9. The number of fused-ring (bicyclic) bond motifs is 1. The molecule has 43 heavy (non-hydrogen) atoms. The maximum Gasteiger partial charge on any atom is 0.337 e. The number of rotatable bonds is 9. The molecule has 0 bridgehead atoms. The Labute approximate surface area is 245 Å². The second-order valence-corrected chi connectivity index (χ2v) is 9.77. The fourth-order valence-electron chi connectivity index (χ4n) is 4.60. The van der Waals surface area contributed by atoms with E-state index >= 15 is 4.39 Å². The Morgan fingerprint density at radius 1 is 1.07 bits per heavy atom. The lowest BCUT2D eigenvalue weighted by atomic mass is 10.1. The van der Waals surface area contributed by atoms with Crippen LogP contribution in [0.15, 0.2) is 72.8 Å². The maximum atomic E-state index is 15.4. The van der Waals surface area contributed by atoms with Crippen LogP contribution in [-0.4, -0.2) is 40.3 Å². The average molecular weight is 583 g/mol. The molecule has 0 aliphatic carbocycles. The molecule has 1 atom stereocenters. The van der Waals surface area contributed by atoms with Crippen LogP contribution in [-0.2, 0) is 22.6 Å². The van der Waals surface area contributed by atoms with E-state index in [1.807, 2.05) is 0 Å². The number of methoxy groups -OCH3 is 1. The number of hydrogen-bond acceptors (Lipinski definition) is 7. The molecule has 1 aliphatic heterocycles. The number of halogens is 2. The van der Waals surface area contributed by atoms with E-state index in [4.69, 9.17) is 25.5 Å². The molecular weight excluding hydrogens is 558 g/mol. The van der Waals surface area contributed by atoms with Crippen LogP contribution < -0.4 is 9.47 Å². The van der Waals surface area contributed by atoms with E-state index in [2.05, 4.69) is 14.8 Å². The van der Waals surface area contributed by atoms with Crippen molar-refractivity contribution in [3.63, 3.8) is 0 Å². The predicted octanol–water partition coefficient (Wildman–Crippen LogP) is 6.87. The summed E-state index contributed by atoms with van der Waals surface area (Å²) in [7, 11) is 1.31. The van der Waals surface area contributed by atoms with Gasteiger partial charge in [-0.25, -0.2) is 23.4 Å². The highest BCUT2D eigenvalue weighted by molar-refractivity contribution is 5.93. The number of esters is 1. The molecule has 0 N–H and O–H groups in total. The average Bonchev–Trinajstić information content (AvgIpc) is 3.34. The highest BCUT2D eigenvalue weighted by atomic mass is 19.1. The van der Waals surface area contributed by atoms with Gasteiger partial charge in [-0.3, -0.25) is 4.57 Å². The number of ether oxygens (including phenoxy) is 4. The van der Waals surface area contributed by atoms with Crippen LogP contribution >= 0.6 is 0 Å². The second kappa shape index (κ2) is 11.9.